The number of benzene rings is 1. The molecule has 0 unspecified atom stereocenters. The summed E-state index contributed by atoms with van der Waals surface area (Å²) >= 11 is 0. The molecule has 9 heteroatoms. The van der Waals surface area contributed by atoms with Gasteiger partial charge in [0.25, 0.3) is 11.5 Å². The fourth-order valence-corrected chi connectivity index (χ4v) is 2.84. The average Bonchev–Trinajstić information content (AvgIpc) is 3.18. The molecule has 0 radical (unpaired) electrons. The van der Waals surface area contributed by atoms with Crippen molar-refractivity contribution in [2.45, 2.75) is 6.54 Å². The predicted molar refractivity (Wildman–Crippen MR) is 95.8 cm³/mol. The SMILES string of the molecule is C=C1C(=O)Nc2nc(-c3cc(OC)n(Cc4ccccc4F)n3)[nH]c(=O)c21. The van der Waals surface area contributed by atoms with Crippen molar-refractivity contribution in [3.63, 3.8) is 0 Å². The second-order valence-electron chi connectivity index (χ2n) is 5.89. The maximum Gasteiger partial charge on any atom is 0.261 e. The summed E-state index contributed by atoms with van der Waals surface area (Å²) in [7, 11) is 1.46. The van der Waals surface area contributed by atoms with Gasteiger partial charge in [-0.3, -0.25) is 9.59 Å². The van der Waals surface area contributed by atoms with Gasteiger partial charge in [-0.05, 0) is 6.07 Å². The van der Waals surface area contributed by atoms with E-state index < -0.39 is 11.5 Å². The third-order valence-corrected chi connectivity index (χ3v) is 4.20. The number of carbonyl (C=O) groups excluding carboxylic acids is 1. The lowest BCUT2D eigenvalue weighted by atomic mass is 10.2. The summed E-state index contributed by atoms with van der Waals surface area (Å²) in [4.78, 5) is 30.8. The number of nitrogens with zero attached hydrogens (tertiary/aromatic N) is 3. The maximum atomic E-state index is 13.9. The number of fused-ring (bicyclic) bond motifs is 1. The summed E-state index contributed by atoms with van der Waals surface area (Å²) in [5, 5.41) is 6.85. The Morgan fingerprint density at radius 1 is 1.30 bits per heavy atom. The molecule has 2 N–H and O–H groups in total. The molecular formula is C18H14FN5O3. The number of rotatable bonds is 4. The minimum atomic E-state index is -0.499. The van der Waals surface area contributed by atoms with Gasteiger partial charge < -0.3 is 15.0 Å². The van der Waals surface area contributed by atoms with Gasteiger partial charge in [0.1, 0.15) is 17.3 Å². The number of carbonyl (C=O) groups is 1. The van der Waals surface area contributed by atoms with Crippen molar-refractivity contribution in [2.24, 2.45) is 0 Å². The molecule has 3 aromatic rings. The van der Waals surface area contributed by atoms with E-state index in [9.17, 15) is 14.0 Å². The standard InChI is InChI=1S/C18H14FN5O3/c1-9-14-16(22-17(9)25)20-15(21-18(14)26)12-7-13(27-2)24(23-12)8-10-5-3-4-6-11(10)19/h3-7H,1,8H2,2H3,(H2,20,21,22,25,26). The van der Waals surface area contributed by atoms with Gasteiger partial charge in [-0.15, -0.1) is 0 Å². The van der Waals surface area contributed by atoms with Crippen LogP contribution < -0.4 is 15.6 Å². The molecule has 0 bridgehead atoms. The van der Waals surface area contributed by atoms with Crippen molar-refractivity contribution in [1.29, 1.82) is 0 Å². The number of aromatic amines is 1. The van der Waals surface area contributed by atoms with Crippen molar-refractivity contribution >= 4 is 17.3 Å². The van der Waals surface area contributed by atoms with Crippen LogP contribution in [0, 0.1) is 5.82 Å². The molecule has 3 heterocycles. The van der Waals surface area contributed by atoms with Gasteiger partial charge in [-0.1, -0.05) is 24.8 Å². The Balaban J connectivity index is 1.75. The third-order valence-electron chi connectivity index (χ3n) is 4.20. The fraction of sp³-hybridized carbons (Fsp3) is 0.111. The van der Waals surface area contributed by atoms with Crippen LogP contribution in [0.1, 0.15) is 11.1 Å². The van der Waals surface area contributed by atoms with Gasteiger partial charge in [0, 0.05) is 17.2 Å². The van der Waals surface area contributed by atoms with Crippen molar-refractivity contribution < 1.29 is 13.9 Å². The molecule has 27 heavy (non-hydrogen) atoms. The molecule has 0 saturated carbocycles. The highest BCUT2D eigenvalue weighted by atomic mass is 19.1. The second kappa shape index (κ2) is 6.20. The number of nitrogens with one attached hydrogen (secondary N) is 2. The fourth-order valence-electron chi connectivity index (χ4n) is 2.84. The van der Waals surface area contributed by atoms with E-state index in [4.69, 9.17) is 4.74 Å². The summed E-state index contributed by atoms with van der Waals surface area (Å²) in [6.07, 6.45) is 0. The zero-order valence-electron chi connectivity index (χ0n) is 14.2. The Labute approximate surface area is 152 Å². The number of halogens is 1. The van der Waals surface area contributed by atoms with Crippen molar-refractivity contribution in [3.05, 3.63) is 64.2 Å². The molecule has 1 amide bonds. The number of anilines is 1. The van der Waals surface area contributed by atoms with E-state index in [0.29, 0.717) is 17.1 Å². The summed E-state index contributed by atoms with van der Waals surface area (Å²) < 4.78 is 20.7. The zero-order valence-corrected chi connectivity index (χ0v) is 14.2. The summed E-state index contributed by atoms with van der Waals surface area (Å²) in [5.74, 6) is -0.180. The number of methoxy groups -OCH3 is 1. The van der Waals surface area contributed by atoms with Gasteiger partial charge in [-0.25, -0.2) is 14.1 Å². The van der Waals surface area contributed by atoms with Gasteiger partial charge >= 0.3 is 0 Å². The second-order valence-corrected chi connectivity index (χ2v) is 5.89. The van der Waals surface area contributed by atoms with Crippen LogP contribution in [0.25, 0.3) is 17.1 Å². The van der Waals surface area contributed by atoms with Crippen LogP contribution in [0.2, 0.25) is 0 Å². The lowest BCUT2D eigenvalue weighted by Gasteiger charge is -2.06. The first-order valence-corrected chi connectivity index (χ1v) is 7.98. The van der Waals surface area contributed by atoms with Crippen LogP contribution >= 0.6 is 0 Å². The van der Waals surface area contributed by atoms with Crippen LogP contribution in [0.5, 0.6) is 5.88 Å². The zero-order chi connectivity index (χ0) is 19.1. The average molecular weight is 367 g/mol. The molecule has 1 aromatic carbocycles. The molecule has 0 aliphatic carbocycles. The van der Waals surface area contributed by atoms with Crippen molar-refractivity contribution in [2.75, 3.05) is 12.4 Å². The Hall–Kier alpha value is -3.75. The molecular weight excluding hydrogens is 353 g/mol. The van der Waals surface area contributed by atoms with E-state index in [1.165, 1.54) is 17.9 Å². The Morgan fingerprint density at radius 3 is 2.81 bits per heavy atom. The quantitative estimate of drug-likeness (QED) is 0.685. The number of hydrogen-bond acceptors (Lipinski definition) is 5. The highest BCUT2D eigenvalue weighted by Gasteiger charge is 2.28. The van der Waals surface area contributed by atoms with Gasteiger partial charge in [-0.2, -0.15) is 5.10 Å². The predicted octanol–water partition coefficient (Wildman–Crippen LogP) is 1.79. The van der Waals surface area contributed by atoms with Crippen LogP contribution in [0.4, 0.5) is 10.2 Å². The molecule has 1 aliphatic heterocycles. The van der Waals surface area contributed by atoms with E-state index in [-0.39, 0.29) is 35.1 Å². The van der Waals surface area contributed by atoms with E-state index in [1.54, 1.807) is 24.3 Å². The topological polar surface area (TPSA) is 102 Å². The van der Waals surface area contributed by atoms with E-state index in [1.807, 2.05) is 0 Å². The van der Waals surface area contributed by atoms with Gasteiger partial charge in [0.2, 0.25) is 5.88 Å². The molecule has 0 saturated heterocycles. The third kappa shape index (κ3) is 2.78. The maximum absolute atomic E-state index is 13.9. The Morgan fingerprint density at radius 2 is 2.07 bits per heavy atom. The largest absolute Gasteiger partial charge is 0.481 e. The monoisotopic (exact) mass is 367 g/mol. The molecule has 4 rings (SSSR count). The number of H-pyrrole nitrogens is 1. The van der Waals surface area contributed by atoms with E-state index >= 15 is 0 Å². The molecule has 136 valence electrons. The first kappa shape index (κ1) is 16.7. The highest BCUT2D eigenvalue weighted by Crippen LogP contribution is 2.28. The Kier molecular flexibility index (Phi) is 3.84. The van der Waals surface area contributed by atoms with Crippen molar-refractivity contribution in [3.8, 4) is 17.4 Å². The number of ether oxygens (including phenoxy) is 1. The lowest BCUT2D eigenvalue weighted by molar-refractivity contribution is -0.110. The molecule has 2 aromatic heterocycles. The molecule has 0 spiro atoms. The van der Waals surface area contributed by atoms with Crippen LogP contribution in [0.15, 0.2) is 41.7 Å². The van der Waals surface area contributed by atoms with Gasteiger partial charge in [0.05, 0.1) is 19.2 Å². The number of aromatic nitrogens is 4. The van der Waals surface area contributed by atoms with Gasteiger partial charge in [0.15, 0.2) is 5.82 Å². The lowest BCUT2D eigenvalue weighted by Crippen LogP contribution is -2.13. The summed E-state index contributed by atoms with van der Waals surface area (Å²) in [6, 6.07) is 7.90. The van der Waals surface area contributed by atoms with Crippen LogP contribution in [0.3, 0.4) is 0 Å². The minimum Gasteiger partial charge on any atom is -0.481 e. The van der Waals surface area contributed by atoms with Crippen molar-refractivity contribution in [1.82, 2.24) is 19.7 Å². The number of amides is 1. The first-order chi connectivity index (χ1) is 13.0. The molecule has 0 fully saturated rings. The smallest absolute Gasteiger partial charge is 0.261 e. The van der Waals surface area contributed by atoms with Crippen LogP contribution in [-0.2, 0) is 11.3 Å². The Bertz CT molecular complexity index is 1150. The van der Waals surface area contributed by atoms with Crippen LogP contribution in [-0.4, -0.2) is 32.8 Å². The minimum absolute atomic E-state index is 0.0629. The summed E-state index contributed by atoms with van der Waals surface area (Å²) in [6.45, 7) is 3.72. The molecule has 0 atom stereocenters. The summed E-state index contributed by atoms with van der Waals surface area (Å²) in [5.41, 5.74) is 0.426. The first-order valence-electron chi connectivity index (χ1n) is 7.98. The van der Waals surface area contributed by atoms with E-state index in [2.05, 4.69) is 27.0 Å². The normalized spacial score (nSPS) is 12.8. The van der Waals surface area contributed by atoms with E-state index in [0.717, 1.165) is 0 Å². The number of hydrogen-bond donors (Lipinski definition) is 2. The molecule has 8 nitrogen and oxygen atoms in total. The molecule has 1 aliphatic rings. The highest BCUT2D eigenvalue weighted by molar-refractivity contribution is 6.30.